The molecule has 64 heavy (non-hydrogen) atoms. The number of benzene rings is 5. The number of rotatable bonds is 22. The van der Waals surface area contributed by atoms with E-state index < -0.39 is 5.97 Å². The van der Waals surface area contributed by atoms with Crippen molar-refractivity contribution in [3.05, 3.63) is 149 Å². The average Bonchev–Trinajstić information content (AvgIpc) is 3.72. The SMILES string of the molecule is CCOC(=O)CC(=O)c1ccc(C=Cc2ccc(OCOC)c(OCOC)c2)cc1.COCOc1ccc(C=Cc2ccc(C3=NN(c4ccccc4)C(=O)C3)cc2)cc1OCOC. The number of carbonyl (C=O) groups excluding carboxylic acids is 3. The minimum absolute atomic E-state index is 0.0328. The number of hydrogen-bond donors (Lipinski definition) is 0. The van der Waals surface area contributed by atoms with Gasteiger partial charge in [-0.3, -0.25) is 14.4 Å². The number of methoxy groups -OCH3 is 4. The molecule has 0 saturated heterocycles. The molecule has 14 nitrogen and oxygen atoms in total. The largest absolute Gasteiger partial charge is 0.466 e. The highest BCUT2D eigenvalue weighted by Gasteiger charge is 2.26. The monoisotopic (exact) mass is 872 g/mol. The van der Waals surface area contributed by atoms with Gasteiger partial charge in [-0.2, -0.15) is 5.10 Å². The summed E-state index contributed by atoms with van der Waals surface area (Å²) in [5.74, 6) is 1.42. The summed E-state index contributed by atoms with van der Waals surface area (Å²) in [5.41, 5.74) is 6.70. The van der Waals surface area contributed by atoms with Gasteiger partial charge in [0.25, 0.3) is 5.91 Å². The molecule has 6 rings (SSSR count). The van der Waals surface area contributed by atoms with Crippen molar-refractivity contribution in [1.82, 2.24) is 0 Å². The average molecular weight is 873 g/mol. The summed E-state index contributed by atoms with van der Waals surface area (Å²) in [7, 11) is 6.22. The number of carbonyl (C=O) groups is 3. The smallest absolute Gasteiger partial charge is 0.313 e. The van der Waals surface area contributed by atoms with Crippen molar-refractivity contribution < 1.29 is 57.0 Å². The highest BCUT2D eigenvalue weighted by atomic mass is 16.7. The first-order valence-electron chi connectivity index (χ1n) is 20.2. The third-order valence-corrected chi connectivity index (χ3v) is 9.06. The molecule has 1 aliphatic rings. The van der Waals surface area contributed by atoms with E-state index in [1.165, 1.54) is 5.01 Å². The Morgan fingerprint density at radius 1 is 0.578 bits per heavy atom. The number of ketones is 1. The Labute approximate surface area is 373 Å². The van der Waals surface area contributed by atoms with Crippen LogP contribution >= 0.6 is 0 Å². The van der Waals surface area contributed by atoms with E-state index >= 15 is 0 Å². The fourth-order valence-corrected chi connectivity index (χ4v) is 5.97. The van der Waals surface area contributed by atoms with Gasteiger partial charge in [-0.15, -0.1) is 0 Å². The van der Waals surface area contributed by atoms with Crippen LogP contribution in [0.2, 0.25) is 0 Å². The zero-order valence-corrected chi connectivity index (χ0v) is 36.5. The van der Waals surface area contributed by atoms with Crippen molar-refractivity contribution in [3.63, 3.8) is 0 Å². The molecular formula is C50H52N2O12. The van der Waals surface area contributed by atoms with E-state index in [2.05, 4.69) is 5.10 Å². The van der Waals surface area contributed by atoms with Crippen molar-refractivity contribution in [1.29, 1.82) is 0 Å². The lowest BCUT2D eigenvalue weighted by Crippen LogP contribution is -2.19. The van der Waals surface area contributed by atoms with Crippen LogP contribution in [-0.4, -0.2) is 85.6 Å². The number of anilines is 1. The van der Waals surface area contributed by atoms with Gasteiger partial charge in [0.15, 0.2) is 56.0 Å². The molecular weight excluding hydrogens is 821 g/mol. The Morgan fingerprint density at radius 3 is 1.52 bits per heavy atom. The maximum atomic E-state index is 12.4. The van der Waals surface area contributed by atoms with E-state index in [4.69, 9.17) is 42.6 Å². The molecule has 0 unspecified atom stereocenters. The number of ether oxygens (including phenoxy) is 9. The van der Waals surface area contributed by atoms with E-state index in [-0.39, 0.29) is 58.3 Å². The van der Waals surface area contributed by atoms with Crippen LogP contribution in [0.3, 0.4) is 0 Å². The van der Waals surface area contributed by atoms with Gasteiger partial charge in [-0.05, 0) is 71.1 Å². The second kappa shape index (κ2) is 25.7. The van der Waals surface area contributed by atoms with E-state index in [9.17, 15) is 14.4 Å². The molecule has 1 heterocycles. The van der Waals surface area contributed by atoms with Crippen LogP contribution in [-0.2, 0) is 33.3 Å². The molecule has 0 aliphatic carbocycles. The Hall–Kier alpha value is -7.10. The van der Waals surface area contributed by atoms with Crippen molar-refractivity contribution in [2.24, 2.45) is 5.10 Å². The quantitative estimate of drug-likeness (QED) is 0.0215. The molecule has 1 aliphatic heterocycles. The van der Waals surface area contributed by atoms with Crippen LogP contribution in [0.25, 0.3) is 24.3 Å². The van der Waals surface area contributed by atoms with Gasteiger partial charge in [0, 0.05) is 34.0 Å². The molecule has 14 heteroatoms. The zero-order chi connectivity index (χ0) is 45.5. The first kappa shape index (κ1) is 47.9. The number of hydrogen-bond acceptors (Lipinski definition) is 13. The Bertz CT molecular complexity index is 2360. The molecule has 0 saturated carbocycles. The lowest BCUT2D eigenvalue weighted by Gasteiger charge is -2.12. The summed E-state index contributed by atoms with van der Waals surface area (Å²) in [4.78, 5) is 36.0. The Balaban J connectivity index is 0.000000243. The van der Waals surface area contributed by atoms with Crippen molar-refractivity contribution in [2.45, 2.75) is 19.8 Å². The number of hydrazone groups is 1. The van der Waals surface area contributed by atoms with E-state index in [0.29, 0.717) is 28.6 Å². The van der Waals surface area contributed by atoms with Crippen molar-refractivity contribution in [2.75, 3.05) is 67.2 Å². The molecule has 0 bridgehead atoms. The molecule has 0 spiro atoms. The minimum atomic E-state index is -0.518. The summed E-state index contributed by atoms with van der Waals surface area (Å²) < 4.78 is 46.9. The topological polar surface area (TPSA) is 150 Å². The third kappa shape index (κ3) is 14.8. The Kier molecular flexibility index (Phi) is 19.3. The molecule has 0 aromatic heterocycles. The first-order valence-corrected chi connectivity index (χ1v) is 20.2. The van der Waals surface area contributed by atoms with Gasteiger partial charge < -0.3 is 42.6 Å². The Morgan fingerprint density at radius 2 is 1.03 bits per heavy atom. The summed E-state index contributed by atoms with van der Waals surface area (Å²) >= 11 is 0. The van der Waals surface area contributed by atoms with Crippen molar-refractivity contribution in [3.8, 4) is 23.0 Å². The molecule has 334 valence electrons. The number of amides is 1. The molecule has 0 N–H and O–H groups in total. The predicted octanol–water partition coefficient (Wildman–Crippen LogP) is 8.92. The zero-order valence-electron chi connectivity index (χ0n) is 36.5. The van der Waals surface area contributed by atoms with Gasteiger partial charge in [0.2, 0.25) is 0 Å². The number of nitrogens with zero attached hydrogens (tertiary/aromatic N) is 2. The van der Waals surface area contributed by atoms with Crippen molar-refractivity contribution >= 4 is 53.4 Å². The molecule has 5 aromatic carbocycles. The molecule has 5 aromatic rings. The normalized spacial score (nSPS) is 12.2. The van der Waals surface area contributed by atoms with Gasteiger partial charge in [-0.1, -0.05) is 103 Å². The van der Waals surface area contributed by atoms with Crippen LogP contribution in [0.1, 0.15) is 57.9 Å². The van der Waals surface area contributed by atoms with Crippen LogP contribution in [0, 0.1) is 0 Å². The second-order valence-electron chi connectivity index (χ2n) is 13.7. The van der Waals surface area contributed by atoms with Gasteiger partial charge in [0.05, 0.1) is 24.4 Å². The standard InChI is InChI=1S/C27H26N2O5.C23H26O7/c1-31-18-33-25-15-12-21(16-26(25)34-19-32-2)9-8-20-10-13-22(14-11-20)24-17-27(30)29(28-24)23-6-4-3-5-7-23;1-4-28-23(25)14-20(24)19-10-7-17(8-11-19)5-6-18-9-12-21(29-15-26-2)22(13-18)30-16-27-3/h3-16H,17-19H2,1-2H3;5-13H,4,14-16H2,1-3H3. The lowest BCUT2D eigenvalue weighted by atomic mass is 10.0. The highest BCUT2D eigenvalue weighted by molar-refractivity contribution is 6.19. The lowest BCUT2D eigenvalue weighted by molar-refractivity contribution is -0.142. The molecule has 1 amide bonds. The third-order valence-electron chi connectivity index (χ3n) is 9.06. The summed E-state index contributed by atoms with van der Waals surface area (Å²) in [6.07, 6.45) is 7.84. The molecule has 0 radical (unpaired) electrons. The summed E-state index contributed by atoms with van der Waals surface area (Å²) in [5, 5.41) is 6.00. The van der Waals surface area contributed by atoms with E-state index in [1.807, 2.05) is 121 Å². The summed E-state index contributed by atoms with van der Waals surface area (Å²) in [6.45, 7) is 2.42. The highest BCUT2D eigenvalue weighted by Crippen LogP contribution is 2.31. The maximum absolute atomic E-state index is 12.4. The maximum Gasteiger partial charge on any atom is 0.313 e. The summed E-state index contributed by atoms with van der Waals surface area (Å²) in [6, 6.07) is 35.6. The minimum Gasteiger partial charge on any atom is -0.466 e. The van der Waals surface area contributed by atoms with E-state index in [1.54, 1.807) is 53.6 Å². The van der Waals surface area contributed by atoms with Crippen LogP contribution in [0.5, 0.6) is 23.0 Å². The second-order valence-corrected chi connectivity index (χ2v) is 13.7. The fourth-order valence-electron chi connectivity index (χ4n) is 5.97. The van der Waals surface area contributed by atoms with Crippen LogP contribution in [0.15, 0.2) is 120 Å². The van der Waals surface area contributed by atoms with Crippen LogP contribution < -0.4 is 24.0 Å². The van der Waals surface area contributed by atoms with Gasteiger partial charge in [0.1, 0.15) is 6.42 Å². The van der Waals surface area contributed by atoms with E-state index in [0.717, 1.165) is 39.2 Å². The predicted molar refractivity (Wildman–Crippen MR) is 244 cm³/mol. The number of esters is 1. The molecule has 0 fully saturated rings. The number of Topliss-reactive ketones (excluding diaryl/α,β-unsaturated/α-hetero) is 1. The van der Waals surface area contributed by atoms with Crippen LogP contribution in [0.4, 0.5) is 5.69 Å². The fraction of sp³-hybridized carbons (Fsp3) is 0.240. The molecule has 0 atom stereocenters. The van der Waals surface area contributed by atoms with Gasteiger partial charge in [-0.25, -0.2) is 5.01 Å². The first-order chi connectivity index (χ1) is 31.2. The van der Waals surface area contributed by atoms with Gasteiger partial charge >= 0.3 is 5.97 Å². The number of para-hydroxylation sites is 1.